The lowest BCUT2D eigenvalue weighted by atomic mass is 9.86. The quantitative estimate of drug-likeness (QED) is 0.802. The molecule has 0 saturated heterocycles. The zero-order valence-electron chi connectivity index (χ0n) is 12.1. The van der Waals surface area contributed by atoms with Gasteiger partial charge in [-0.15, -0.1) is 0 Å². The Kier molecular flexibility index (Phi) is 3.04. The molecule has 0 radical (unpaired) electrons. The van der Waals surface area contributed by atoms with E-state index in [-0.39, 0.29) is 5.41 Å². The van der Waals surface area contributed by atoms with Gasteiger partial charge in [-0.3, -0.25) is 0 Å². The number of nitrogens with two attached hydrogens (primary N) is 1. The monoisotopic (exact) mass is 260 g/mol. The van der Waals surface area contributed by atoms with Crippen LogP contribution in [0.25, 0.3) is 10.9 Å². The summed E-state index contributed by atoms with van der Waals surface area (Å²) in [7, 11) is 3.19. The fraction of sp³-hybridized carbons (Fsp3) is 0.400. The van der Waals surface area contributed by atoms with Crippen LogP contribution in [0.1, 0.15) is 36.8 Å². The summed E-state index contributed by atoms with van der Waals surface area (Å²) < 4.78 is 6.58. The van der Waals surface area contributed by atoms with Gasteiger partial charge in [0, 0.05) is 12.4 Å². The van der Waals surface area contributed by atoms with Crippen molar-refractivity contribution in [1.29, 1.82) is 0 Å². The number of benzene rings is 1. The number of aryl methyl sites for hydroxylation is 1. The first-order valence-electron chi connectivity index (χ1n) is 6.24. The number of anilines is 1. The van der Waals surface area contributed by atoms with Crippen molar-refractivity contribution in [2.75, 3.05) is 12.8 Å². The molecule has 4 heteroatoms. The second-order valence-electron chi connectivity index (χ2n) is 5.79. The molecular formula is C15H20N2O2. The van der Waals surface area contributed by atoms with Gasteiger partial charge in [0.1, 0.15) is 0 Å². The van der Waals surface area contributed by atoms with Gasteiger partial charge in [0.25, 0.3) is 0 Å². The van der Waals surface area contributed by atoms with Crippen molar-refractivity contribution in [3.05, 3.63) is 29.5 Å². The smallest absolute Gasteiger partial charge is 0.356 e. The highest BCUT2D eigenvalue weighted by atomic mass is 16.5. The van der Waals surface area contributed by atoms with Gasteiger partial charge in [-0.1, -0.05) is 32.9 Å². The first kappa shape index (κ1) is 13.5. The summed E-state index contributed by atoms with van der Waals surface area (Å²) >= 11 is 0. The Morgan fingerprint density at radius 1 is 1.32 bits per heavy atom. The molecule has 0 aliphatic heterocycles. The normalized spacial score (nSPS) is 11.8. The Morgan fingerprint density at radius 3 is 2.47 bits per heavy atom. The maximum Gasteiger partial charge on any atom is 0.356 e. The number of carbonyl (C=O) groups excluding carboxylic acids is 1. The van der Waals surface area contributed by atoms with Crippen molar-refractivity contribution in [3.8, 4) is 0 Å². The molecule has 0 unspecified atom stereocenters. The van der Waals surface area contributed by atoms with Crippen molar-refractivity contribution >= 4 is 22.6 Å². The second kappa shape index (κ2) is 4.30. The number of carbonyl (C=O) groups is 1. The van der Waals surface area contributed by atoms with Gasteiger partial charge in [-0.05, 0) is 17.0 Å². The highest BCUT2D eigenvalue weighted by Gasteiger charge is 2.21. The zero-order valence-corrected chi connectivity index (χ0v) is 12.1. The molecule has 0 aliphatic rings. The summed E-state index contributed by atoms with van der Waals surface area (Å²) in [5.74, 6) is -0.409. The van der Waals surface area contributed by atoms with Crippen LogP contribution in [0, 0.1) is 0 Å². The van der Waals surface area contributed by atoms with Crippen molar-refractivity contribution < 1.29 is 9.53 Å². The Hall–Kier alpha value is -1.97. The maximum absolute atomic E-state index is 11.8. The van der Waals surface area contributed by atoms with Crippen LogP contribution in [0.15, 0.2) is 18.2 Å². The van der Waals surface area contributed by atoms with Crippen LogP contribution >= 0.6 is 0 Å². The molecule has 0 bridgehead atoms. The van der Waals surface area contributed by atoms with Crippen LogP contribution in [0.2, 0.25) is 0 Å². The number of aromatic nitrogens is 1. The highest BCUT2D eigenvalue weighted by Crippen LogP contribution is 2.32. The molecular weight excluding hydrogens is 240 g/mol. The molecule has 0 saturated carbocycles. The first-order valence-corrected chi connectivity index (χ1v) is 6.24. The Balaban J connectivity index is 2.75. The van der Waals surface area contributed by atoms with Gasteiger partial charge >= 0.3 is 5.97 Å². The summed E-state index contributed by atoms with van der Waals surface area (Å²) in [6, 6.07) is 6.11. The Labute approximate surface area is 113 Å². The van der Waals surface area contributed by atoms with E-state index in [1.165, 1.54) is 12.7 Å². The summed E-state index contributed by atoms with van der Waals surface area (Å²) in [4.78, 5) is 11.8. The van der Waals surface area contributed by atoms with Gasteiger partial charge in [0.2, 0.25) is 0 Å². The van der Waals surface area contributed by atoms with Gasteiger partial charge in [-0.2, -0.15) is 0 Å². The summed E-state index contributed by atoms with van der Waals surface area (Å²) in [5, 5.41) is 0.885. The molecule has 0 aliphatic carbocycles. The third-order valence-electron chi connectivity index (χ3n) is 3.48. The largest absolute Gasteiger partial charge is 0.464 e. The third-order valence-corrected chi connectivity index (χ3v) is 3.48. The number of hydrogen-bond acceptors (Lipinski definition) is 3. The standard InChI is InChI=1S/C15H20N2O2/c1-15(2,3)9-6-7-10-11(8-9)17(4)13(12(10)16)14(18)19-5/h6-8H,16H2,1-5H3. The number of esters is 1. The molecule has 2 aromatic rings. The number of ether oxygens (including phenoxy) is 1. The van der Waals surface area contributed by atoms with E-state index in [0.29, 0.717) is 11.4 Å². The minimum absolute atomic E-state index is 0.0542. The van der Waals surface area contributed by atoms with Gasteiger partial charge in [-0.25, -0.2) is 4.79 Å². The zero-order chi connectivity index (χ0) is 14.4. The molecule has 0 spiro atoms. The van der Waals surface area contributed by atoms with Crippen LogP contribution in [-0.4, -0.2) is 17.6 Å². The lowest BCUT2D eigenvalue weighted by molar-refractivity contribution is 0.0592. The predicted octanol–water partition coefficient (Wildman–Crippen LogP) is 2.84. The predicted molar refractivity (Wildman–Crippen MR) is 77.4 cm³/mol. The topological polar surface area (TPSA) is 57.2 Å². The summed E-state index contributed by atoms with van der Waals surface area (Å²) in [5.41, 5.74) is 9.15. The van der Waals surface area contributed by atoms with Crippen LogP contribution in [0.5, 0.6) is 0 Å². The van der Waals surface area contributed by atoms with E-state index in [9.17, 15) is 4.79 Å². The van der Waals surface area contributed by atoms with E-state index in [1.54, 1.807) is 4.57 Å². The van der Waals surface area contributed by atoms with Gasteiger partial charge in [0.15, 0.2) is 5.69 Å². The third kappa shape index (κ3) is 2.07. The minimum Gasteiger partial charge on any atom is -0.464 e. The van der Waals surface area contributed by atoms with Crippen molar-refractivity contribution in [3.63, 3.8) is 0 Å². The average Bonchev–Trinajstić information content (AvgIpc) is 2.60. The molecule has 1 aromatic heterocycles. The molecule has 0 atom stereocenters. The highest BCUT2D eigenvalue weighted by molar-refractivity contribution is 6.06. The molecule has 0 amide bonds. The number of methoxy groups -OCH3 is 1. The van der Waals surface area contributed by atoms with Crippen molar-refractivity contribution in [2.45, 2.75) is 26.2 Å². The van der Waals surface area contributed by atoms with Crippen LogP contribution in [-0.2, 0) is 17.2 Å². The minimum atomic E-state index is -0.409. The average molecular weight is 260 g/mol. The molecule has 4 nitrogen and oxygen atoms in total. The molecule has 1 heterocycles. The van der Waals surface area contributed by atoms with E-state index in [4.69, 9.17) is 10.5 Å². The lowest BCUT2D eigenvalue weighted by Crippen LogP contribution is -2.11. The molecule has 1 aromatic carbocycles. The van der Waals surface area contributed by atoms with Gasteiger partial charge in [0.05, 0.1) is 18.3 Å². The summed E-state index contributed by atoms with van der Waals surface area (Å²) in [6.45, 7) is 6.46. The second-order valence-corrected chi connectivity index (χ2v) is 5.79. The number of rotatable bonds is 1. The van der Waals surface area contributed by atoms with Crippen molar-refractivity contribution in [2.24, 2.45) is 7.05 Å². The fourth-order valence-electron chi connectivity index (χ4n) is 2.28. The van der Waals surface area contributed by atoms with E-state index in [2.05, 4.69) is 32.9 Å². The molecule has 102 valence electrons. The van der Waals surface area contributed by atoms with E-state index in [1.807, 2.05) is 13.1 Å². The summed E-state index contributed by atoms with van der Waals surface area (Å²) in [6.07, 6.45) is 0. The Morgan fingerprint density at radius 2 is 1.95 bits per heavy atom. The van der Waals surface area contributed by atoms with E-state index < -0.39 is 5.97 Å². The first-order chi connectivity index (χ1) is 8.77. The molecule has 2 N–H and O–H groups in total. The number of nitrogen functional groups attached to an aromatic ring is 1. The maximum atomic E-state index is 11.8. The SMILES string of the molecule is COC(=O)c1c(N)c2ccc(C(C)(C)C)cc2n1C. The van der Waals surface area contributed by atoms with Crippen LogP contribution in [0.4, 0.5) is 5.69 Å². The number of fused-ring (bicyclic) bond motifs is 1. The number of hydrogen-bond donors (Lipinski definition) is 1. The van der Waals surface area contributed by atoms with E-state index >= 15 is 0 Å². The molecule has 19 heavy (non-hydrogen) atoms. The number of nitrogens with zero attached hydrogens (tertiary/aromatic N) is 1. The molecule has 2 rings (SSSR count). The lowest BCUT2D eigenvalue weighted by Gasteiger charge is -2.19. The van der Waals surface area contributed by atoms with Crippen LogP contribution < -0.4 is 5.73 Å². The fourth-order valence-corrected chi connectivity index (χ4v) is 2.28. The van der Waals surface area contributed by atoms with Gasteiger partial charge < -0.3 is 15.0 Å². The Bertz CT molecular complexity index is 648. The molecule has 0 fully saturated rings. The van der Waals surface area contributed by atoms with Crippen LogP contribution in [0.3, 0.4) is 0 Å². The van der Waals surface area contributed by atoms with Crippen molar-refractivity contribution in [1.82, 2.24) is 4.57 Å². The van der Waals surface area contributed by atoms with E-state index in [0.717, 1.165) is 10.9 Å².